The van der Waals surface area contributed by atoms with Gasteiger partial charge in [-0.25, -0.2) is 4.98 Å². The highest BCUT2D eigenvalue weighted by atomic mass is 32.3. The van der Waals surface area contributed by atoms with E-state index in [0.29, 0.717) is 17.5 Å². The summed E-state index contributed by atoms with van der Waals surface area (Å²) in [6.07, 6.45) is 5.15. The first-order valence-electron chi connectivity index (χ1n) is 8.35. The summed E-state index contributed by atoms with van der Waals surface area (Å²) in [4.78, 5) is 21.4. The number of hydrogen-bond donors (Lipinski definition) is 3. The molecule has 1 aromatic heterocycles. The van der Waals surface area contributed by atoms with Crippen LogP contribution in [0.25, 0.3) is 0 Å². The third-order valence-corrected chi connectivity index (χ3v) is 5.63. The summed E-state index contributed by atoms with van der Waals surface area (Å²) in [6, 6.07) is 8.69. The van der Waals surface area contributed by atoms with Crippen LogP contribution < -0.4 is 10.1 Å². The van der Waals surface area contributed by atoms with Gasteiger partial charge < -0.3 is 10.1 Å². The van der Waals surface area contributed by atoms with E-state index in [2.05, 4.69) is 15.3 Å². The molecule has 7 nitrogen and oxygen atoms in total. The number of benzene rings is 1. The van der Waals surface area contributed by atoms with Gasteiger partial charge in [-0.05, 0) is 31.1 Å². The van der Waals surface area contributed by atoms with Crippen LogP contribution in [0.4, 0.5) is 0 Å². The molecule has 1 unspecified atom stereocenters. The topological polar surface area (TPSA) is 105 Å². The summed E-state index contributed by atoms with van der Waals surface area (Å²) in [5.41, 5.74) is 0.218. The van der Waals surface area contributed by atoms with E-state index >= 15 is 0 Å². The molecule has 1 saturated carbocycles. The largest absolute Gasteiger partial charge is 0.438 e. The van der Waals surface area contributed by atoms with Gasteiger partial charge >= 0.3 is 0 Å². The lowest BCUT2D eigenvalue weighted by Gasteiger charge is -2.25. The second kappa shape index (κ2) is 6.71. The molecule has 1 aromatic carbocycles. The van der Waals surface area contributed by atoms with Crippen LogP contribution in [0, 0.1) is 0 Å². The third-order valence-electron chi connectivity index (χ3n) is 4.19. The molecule has 0 radical (unpaired) electrons. The van der Waals surface area contributed by atoms with Crippen LogP contribution in [0.15, 0.2) is 48.0 Å². The van der Waals surface area contributed by atoms with E-state index in [4.69, 9.17) is 4.74 Å². The highest BCUT2D eigenvalue weighted by Gasteiger charge is 2.30. The third kappa shape index (κ3) is 3.87. The van der Waals surface area contributed by atoms with Crippen molar-refractivity contribution < 1.29 is 18.6 Å². The Hall–Kier alpha value is -2.42. The Labute approximate surface area is 152 Å². The van der Waals surface area contributed by atoms with Gasteiger partial charge in [-0.3, -0.25) is 13.9 Å². The molecule has 2 aliphatic rings. The number of aromatic nitrogens is 2. The Morgan fingerprint density at radius 1 is 1.23 bits per heavy atom. The molecular formula is C18H19N3O4S. The van der Waals surface area contributed by atoms with Gasteiger partial charge in [-0.15, -0.1) is 0 Å². The molecule has 1 aliphatic carbocycles. The van der Waals surface area contributed by atoms with Crippen molar-refractivity contribution in [2.75, 3.05) is 5.75 Å². The summed E-state index contributed by atoms with van der Waals surface area (Å²) in [5, 5.41) is 4.10. The number of nitrogens with zero attached hydrogens (tertiary/aromatic N) is 2. The standard InChI is InChI=1S/C18H19N3O4S/c22-17(20-13-8-9-26(23,24)11-13)15-10-19-16(12-6-7-12)21-18(15)25-14-4-2-1-3-5-14/h1-5,8-10,12-13,23-24H,6-7,11H2,(H,20,22). The van der Waals surface area contributed by atoms with Crippen LogP contribution >= 0.6 is 10.6 Å². The summed E-state index contributed by atoms with van der Waals surface area (Å²) >= 11 is 0. The Kier molecular flexibility index (Phi) is 4.39. The van der Waals surface area contributed by atoms with Crippen molar-refractivity contribution >= 4 is 16.5 Å². The second-order valence-electron chi connectivity index (χ2n) is 6.43. The Balaban J connectivity index is 1.58. The molecule has 0 bridgehead atoms. The minimum absolute atomic E-state index is 0.0780. The number of nitrogens with one attached hydrogen (secondary N) is 1. The maximum Gasteiger partial charge on any atom is 0.258 e. The van der Waals surface area contributed by atoms with Gasteiger partial charge in [-0.2, -0.15) is 15.6 Å². The molecule has 3 N–H and O–H groups in total. The second-order valence-corrected chi connectivity index (χ2v) is 8.47. The average Bonchev–Trinajstić information content (AvgIpc) is 3.40. The lowest BCUT2D eigenvalue weighted by Crippen LogP contribution is -2.35. The molecule has 1 fully saturated rings. The highest BCUT2D eigenvalue weighted by molar-refractivity contribution is 8.27. The highest BCUT2D eigenvalue weighted by Crippen LogP contribution is 2.45. The molecule has 4 rings (SSSR count). The van der Waals surface area contributed by atoms with Gasteiger partial charge in [0.05, 0.1) is 11.8 Å². The first kappa shape index (κ1) is 17.0. The van der Waals surface area contributed by atoms with E-state index in [9.17, 15) is 13.9 Å². The van der Waals surface area contributed by atoms with Crippen molar-refractivity contribution in [2.24, 2.45) is 0 Å². The zero-order valence-electron chi connectivity index (χ0n) is 13.9. The number of para-hydroxylation sites is 1. The first-order chi connectivity index (χ1) is 12.5. The van der Waals surface area contributed by atoms with Gasteiger partial charge in [0.15, 0.2) is 0 Å². The normalized spacial score (nSPS) is 22.0. The lowest BCUT2D eigenvalue weighted by molar-refractivity contribution is 0.0944. The van der Waals surface area contributed by atoms with E-state index in [-0.39, 0.29) is 17.2 Å². The van der Waals surface area contributed by atoms with E-state index in [1.54, 1.807) is 18.2 Å². The van der Waals surface area contributed by atoms with E-state index in [1.807, 2.05) is 18.2 Å². The zero-order chi connectivity index (χ0) is 18.1. The maximum atomic E-state index is 12.7. The van der Waals surface area contributed by atoms with Crippen molar-refractivity contribution in [3.8, 4) is 11.6 Å². The molecule has 26 heavy (non-hydrogen) atoms. The number of amides is 1. The summed E-state index contributed by atoms with van der Waals surface area (Å²) < 4.78 is 25.1. The molecule has 2 aromatic rings. The minimum Gasteiger partial charge on any atom is -0.438 e. The fourth-order valence-electron chi connectivity index (χ4n) is 2.68. The number of hydrogen-bond acceptors (Lipinski definition) is 6. The smallest absolute Gasteiger partial charge is 0.258 e. The Bertz CT molecular complexity index is 853. The molecular weight excluding hydrogens is 354 g/mol. The van der Waals surface area contributed by atoms with Gasteiger partial charge in [0.2, 0.25) is 5.88 Å². The van der Waals surface area contributed by atoms with Crippen LogP contribution in [-0.4, -0.2) is 36.8 Å². The van der Waals surface area contributed by atoms with Crippen LogP contribution in [-0.2, 0) is 0 Å². The van der Waals surface area contributed by atoms with Crippen molar-refractivity contribution in [1.82, 2.24) is 15.3 Å². The fraction of sp³-hybridized carbons (Fsp3) is 0.278. The summed E-state index contributed by atoms with van der Waals surface area (Å²) in [6.45, 7) is 0. The van der Waals surface area contributed by atoms with Gasteiger partial charge in [0.1, 0.15) is 17.1 Å². The number of carbonyl (C=O) groups is 1. The molecule has 0 spiro atoms. The number of rotatable bonds is 5. The van der Waals surface area contributed by atoms with E-state index in [1.165, 1.54) is 11.6 Å². The predicted octanol–water partition coefficient (Wildman–Crippen LogP) is 3.52. The maximum absolute atomic E-state index is 12.7. The van der Waals surface area contributed by atoms with Crippen molar-refractivity contribution in [3.63, 3.8) is 0 Å². The number of carbonyl (C=O) groups excluding carboxylic acids is 1. The molecule has 136 valence electrons. The van der Waals surface area contributed by atoms with Crippen LogP contribution in [0.2, 0.25) is 0 Å². The minimum atomic E-state index is -2.75. The Morgan fingerprint density at radius 3 is 2.65 bits per heavy atom. The monoisotopic (exact) mass is 373 g/mol. The van der Waals surface area contributed by atoms with E-state index < -0.39 is 22.5 Å². The van der Waals surface area contributed by atoms with Crippen molar-refractivity contribution in [2.45, 2.75) is 24.8 Å². The molecule has 1 amide bonds. The first-order valence-corrected chi connectivity index (χ1v) is 10.1. The number of ether oxygens (including phenoxy) is 1. The fourth-order valence-corrected chi connectivity index (χ4v) is 3.96. The van der Waals surface area contributed by atoms with Gasteiger partial charge in [-0.1, -0.05) is 18.2 Å². The van der Waals surface area contributed by atoms with Crippen molar-refractivity contribution in [3.05, 3.63) is 59.4 Å². The zero-order valence-corrected chi connectivity index (χ0v) is 14.7. The molecule has 8 heteroatoms. The predicted molar refractivity (Wildman–Crippen MR) is 98.6 cm³/mol. The van der Waals surface area contributed by atoms with Gasteiger partial charge in [0.25, 0.3) is 5.91 Å². The summed E-state index contributed by atoms with van der Waals surface area (Å²) in [5.74, 6) is 1.47. The average molecular weight is 373 g/mol. The quantitative estimate of drug-likeness (QED) is 0.741. The van der Waals surface area contributed by atoms with Crippen molar-refractivity contribution in [1.29, 1.82) is 0 Å². The SMILES string of the molecule is O=C(NC1C=CS(O)(O)C1)c1cnc(C2CC2)nc1Oc1ccccc1. The molecule has 0 saturated heterocycles. The van der Waals surface area contributed by atoms with Crippen LogP contribution in [0.1, 0.15) is 34.9 Å². The molecule has 1 aliphatic heterocycles. The lowest BCUT2D eigenvalue weighted by atomic mass is 10.2. The molecule has 1 atom stereocenters. The molecule has 2 heterocycles. The summed E-state index contributed by atoms with van der Waals surface area (Å²) in [7, 11) is -2.75. The van der Waals surface area contributed by atoms with E-state index in [0.717, 1.165) is 12.8 Å². The van der Waals surface area contributed by atoms with Crippen LogP contribution in [0.3, 0.4) is 0 Å². The Morgan fingerprint density at radius 2 is 2.00 bits per heavy atom. The van der Waals surface area contributed by atoms with Gasteiger partial charge in [0, 0.05) is 17.5 Å². The van der Waals surface area contributed by atoms with Crippen LogP contribution in [0.5, 0.6) is 11.6 Å².